The lowest BCUT2D eigenvalue weighted by Gasteiger charge is -2.13. The van der Waals surface area contributed by atoms with E-state index in [9.17, 15) is 28.1 Å². The predicted molar refractivity (Wildman–Crippen MR) is 124 cm³/mol. The fourth-order valence-electron chi connectivity index (χ4n) is 3.53. The highest BCUT2D eigenvalue weighted by atomic mass is 32.2. The fraction of sp³-hybridized carbons (Fsp3) is 0.0833. The molecule has 0 saturated heterocycles. The molecule has 10 heteroatoms. The minimum absolute atomic E-state index is 0.0596. The number of nitrogens with zero attached hydrogens (tertiary/aromatic N) is 3. The highest BCUT2D eigenvalue weighted by molar-refractivity contribution is 7.78. The Morgan fingerprint density at radius 2 is 1.50 bits per heavy atom. The van der Waals surface area contributed by atoms with Crippen molar-refractivity contribution < 1.29 is 18.1 Å². The minimum Gasteiger partial charge on any atom is -0.772 e. The van der Waals surface area contributed by atoms with Gasteiger partial charge in [-0.3, -0.25) is 19.1 Å². The van der Waals surface area contributed by atoms with Crippen molar-refractivity contribution in [3.05, 3.63) is 116 Å². The first-order valence-electron chi connectivity index (χ1n) is 10.1. The first-order chi connectivity index (χ1) is 16.3. The molecule has 1 unspecified atom stereocenters. The number of hydrogen-bond donors (Lipinski definition) is 0. The molecule has 0 bridgehead atoms. The molecule has 0 N–H and O–H groups in total. The summed E-state index contributed by atoms with van der Waals surface area (Å²) in [6.45, 7) is 0.0829. The van der Waals surface area contributed by atoms with Crippen molar-refractivity contribution in [2.24, 2.45) is 0 Å². The van der Waals surface area contributed by atoms with Gasteiger partial charge < -0.3 is 4.55 Å². The van der Waals surface area contributed by atoms with Gasteiger partial charge in [-0.1, -0.05) is 59.6 Å². The van der Waals surface area contributed by atoms with E-state index in [-0.39, 0.29) is 18.0 Å². The van der Waals surface area contributed by atoms with Crippen LogP contribution >= 0.6 is 0 Å². The number of non-ortho nitro benzene ring substituents is 1. The summed E-state index contributed by atoms with van der Waals surface area (Å²) in [5.41, 5.74) is 2.71. The first kappa shape index (κ1) is 23.1. The SMILES string of the molecule is O=c1c(-c2ccc(F)cc2)c(-c2ccc(CS(=O)[O-])cc2)cnn1Cc1ccc([N+](=O)[O-])cc1. The van der Waals surface area contributed by atoms with Crippen molar-refractivity contribution >= 4 is 16.8 Å². The van der Waals surface area contributed by atoms with Crippen molar-refractivity contribution in [2.45, 2.75) is 12.3 Å². The van der Waals surface area contributed by atoms with Gasteiger partial charge in [0.2, 0.25) is 0 Å². The molecule has 172 valence electrons. The van der Waals surface area contributed by atoms with Gasteiger partial charge in [0, 0.05) is 23.4 Å². The summed E-state index contributed by atoms with van der Waals surface area (Å²) in [6, 6.07) is 18.0. The Hall–Kier alpha value is -4.02. The van der Waals surface area contributed by atoms with Crippen LogP contribution in [0.4, 0.5) is 10.1 Å². The summed E-state index contributed by atoms with van der Waals surface area (Å²) in [5.74, 6) is -0.569. The van der Waals surface area contributed by atoms with Crippen LogP contribution in [0.25, 0.3) is 22.3 Å². The van der Waals surface area contributed by atoms with Gasteiger partial charge in [-0.2, -0.15) is 5.10 Å². The van der Waals surface area contributed by atoms with Gasteiger partial charge in [0.05, 0.1) is 23.2 Å². The Bertz CT molecular complexity index is 1420. The fourth-order valence-corrected chi connectivity index (χ4v) is 3.99. The largest absolute Gasteiger partial charge is 0.772 e. The number of nitro benzene ring substituents is 1. The quantitative estimate of drug-likeness (QED) is 0.225. The highest BCUT2D eigenvalue weighted by Crippen LogP contribution is 2.29. The summed E-state index contributed by atoms with van der Waals surface area (Å²) < 4.78 is 36.7. The Morgan fingerprint density at radius 3 is 2.09 bits per heavy atom. The zero-order valence-electron chi connectivity index (χ0n) is 17.6. The van der Waals surface area contributed by atoms with E-state index in [1.165, 1.54) is 47.3 Å². The maximum absolute atomic E-state index is 13.5. The van der Waals surface area contributed by atoms with Gasteiger partial charge in [0.25, 0.3) is 11.2 Å². The van der Waals surface area contributed by atoms with Gasteiger partial charge in [-0.15, -0.1) is 0 Å². The summed E-state index contributed by atoms with van der Waals surface area (Å²) in [7, 11) is 0. The van der Waals surface area contributed by atoms with Crippen LogP contribution in [-0.4, -0.2) is 23.5 Å². The third-order valence-corrected chi connectivity index (χ3v) is 5.77. The molecule has 4 rings (SSSR count). The second-order valence-corrected chi connectivity index (χ2v) is 8.37. The van der Waals surface area contributed by atoms with E-state index in [0.717, 1.165) is 0 Å². The highest BCUT2D eigenvalue weighted by Gasteiger charge is 2.16. The average Bonchev–Trinajstić information content (AvgIpc) is 2.81. The van der Waals surface area contributed by atoms with E-state index < -0.39 is 27.4 Å². The number of nitro groups is 1. The topological polar surface area (TPSA) is 118 Å². The molecule has 1 atom stereocenters. The van der Waals surface area contributed by atoms with Gasteiger partial charge in [-0.25, -0.2) is 9.07 Å². The summed E-state index contributed by atoms with van der Waals surface area (Å²) in [6.07, 6.45) is 1.52. The van der Waals surface area contributed by atoms with Crippen molar-refractivity contribution in [3.8, 4) is 22.3 Å². The van der Waals surface area contributed by atoms with Crippen molar-refractivity contribution in [1.29, 1.82) is 0 Å². The lowest BCUT2D eigenvalue weighted by Crippen LogP contribution is -2.25. The van der Waals surface area contributed by atoms with Crippen LogP contribution in [0.15, 0.2) is 83.8 Å². The Labute approximate surface area is 195 Å². The van der Waals surface area contributed by atoms with Crippen LogP contribution in [0.5, 0.6) is 0 Å². The summed E-state index contributed by atoms with van der Waals surface area (Å²) in [4.78, 5) is 23.8. The Kier molecular flexibility index (Phi) is 6.71. The average molecular weight is 478 g/mol. The molecule has 0 radical (unpaired) electrons. The standard InChI is InChI=1S/C24H18FN3O5S/c25-20-9-7-19(8-10-20)23-22(18-5-1-17(2-6-18)15-34(32)33)13-26-27(24(23)29)14-16-3-11-21(12-4-16)28(30)31/h1-13H,14-15H2,(H,32,33)/p-1. The van der Waals surface area contributed by atoms with Gasteiger partial charge in [-0.05, 0) is 34.4 Å². The lowest BCUT2D eigenvalue weighted by molar-refractivity contribution is -0.384. The maximum atomic E-state index is 13.5. The second-order valence-electron chi connectivity index (χ2n) is 7.47. The van der Waals surface area contributed by atoms with Gasteiger partial charge in [0.1, 0.15) is 5.82 Å². The molecule has 4 aromatic rings. The van der Waals surface area contributed by atoms with Crippen LogP contribution in [0.3, 0.4) is 0 Å². The van der Waals surface area contributed by atoms with E-state index in [0.29, 0.717) is 33.4 Å². The summed E-state index contributed by atoms with van der Waals surface area (Å²) >= 11 is -2.22. The molecule has 0 aliphatic heterocycles. The molecule has 34 heavy (non-hydrogen) atoms. The Morgan fingerprint density at radius 1 is 0.912 bits per heavy atom. The minimum atomic E-state index is -2.22. The number of halogens is 1. The van der Waals surface area contributed by atoms with Crippen LogP contribution in [-0.2, 0) is 23.4 Å². The van der Waals surface area contributed by atoms with Crippen LogP contribution in [0, 0.1) is 15.9 Å². The number of rotatable bonds is 7. The maximum Gasteiger partial charge on any atom is 0.275 e. The van der Waals surface area contributed by atoms with E-state index in [1.807, 2.05) is 0 Å². The number of hydrogen-bond acceptors (Lipinski definition) is 6. The van der Waals surface area contributed by atoms with E-state index in [2.05, 4.69) is 5.10 Å². The monoisotopic (exact) mass is 478 g/mol. The zero-order valence-corrected chi connectivity index (χ0v) is 18.4. The smallest absolute Gasteiger partial charge is 0.275 e. The molecule has 8 nitrogen and oxygen atoms in total. The first-order valence-corrected chi connectivity index (χ1v) is 11.3. The third kappa shape index (κ3) is 5.13. The van der Waals surface area contributed by atoms with Crippen molar-refractivity contribution in [2.75, 3.05) is 0 Å². The molecular weight excluding hydrogens is 461 g/mol. The van der Waals surface area contributed by atoms with E-state index >= 15 is 0 Å². The van der Waals surface area contributed by atoms with Gasteiger partial charge >= 0.3 is 0 Å². The van der Waals surface area contributed by atoms with E-state index in [1.54, 1.807) is 36.4 Å². The molecule has 0 spiro atoms. The molecule has 1 aromatic heterocycles. The zero-order chi connectivity index (χ0) is 24.2. The molecule has 3 aromatic carbocycles. The van der Waals surface area contributed by atoms with Crippen molar-refractivity contribution in [3.63, 3.8) is 0 Å². The normalized spacial score (nSPS) is 11.8. The van der Waals surface area contributed by atoms with E-state index in [4.69, 9.17) is 0 Å². The molecule has 0 saturated carbocycles. The van der Waals surface area contributed by atoms with Crippen LogP contribution < -0.4 is 5.56 Å². The molecule has 0 aliphatic rings. The lowest BCUT2D eigenvalue weighted by atomic mass is 9.96. The van der Waals surface area contributed by atoms with Crippen LogP contribution in [0.2, 0.25) is 0 Å². The molecular formula is C24H17FN3O5S-. The Balaban J connectivity index is 1.78. The second kappa shape index (κ2) is 9.86. The number of aromatic nitrogens is 2. The summed E-state index contributed by atoms with van der Waals surface area (Å²) in [5, 5.41) is 15.2. The molecule has 0 fully saturated rings. The molecule has 0 amide bonds. The number of benzene rings is 3. The van der Waals surface area contributed by atoms with Gasteiger partial charge in [0.15, 0.2) is 0 Å². The van der Waals surface area contributed by atoms with Crippen molar-refractivity contribution in [1.82, 2.24) is 9.78 Å². The third-order valence-electron chi connectivity index (χ3n) is 5.21. The molecule has 0 aliphatic carbocycles. The van der Waals surface area contributed by atoms with Crippen LogP contribution in [0.1, 0.15) is 11.1 Å². The predicted octanol–water partition coefficient (Wildman–Crippen LogP) is 4.05. The molecule has 1 heterocycles.